The van der Waals surface area contributed by atoms with Gasteiger partial charge in [0.15, 0.2) is 0 Å². The Hall–Kier alpha value is -2.30. The van der Waals surface area contributed by atoms with Crippen LogP contribution in [0, 0.1) is 13.8 Å². The molecule has 0 spiro atoms. The van der Waals surface area contributed by atoms with Crippen LogP contribution in [0.3, 0.4) is 0 Å². The topological polar surface area (TPSA) is 50.2 Å². The number of rotatable bonds is 3. The van der Waals surface area contributed by atoms with Crippen LogP contribution >= 0.6 is 0 Å². The number of benzene rings is 1. The normalized spacial score (nSPS) is 17.7. The summed E-state index contributed by atoms with van der Waals surface area (Å²) < 4.78 is 1.90. The fourth-order valence-electron chi connectivity index (χ4n) is 2.99. The summed E-state index contributed by atoms with van der Waals surface area (Å²) in [5.74, 6) is 0. The van der Waals surface area contributed by atoms with Gasteiger partial charge in [0, 0.05) is 24.6 Å². The lowest BCUT2D eigenvalue weighted by Crippen LogP contribution is -2.41. The minimum atomic E-state index is -0.0108. The Balaban J connectivity index is 1.69. The first-order chi connectivity index (χ1) is 10.6. The maximum Gasteiger partial charge on any atom is 0.322 e. The predicted molar refractivity (Wildman–Crippen MR) is 86.9 cm³/mol. The molecule has 1 saturated heterocycles. The number of amides is 2. The Morgan fingerprint density at radius 3 is 3.00 bits per heavy atom. The molecule has 1 aliphatic heterocycles. The van der Waals surface area contributed by atoms with Gasteiger partial charge in [-0.1, -0.05) is 12.1 Å². The summed E-state index contributed by atoms with van der Waals surface area (Å²) in [6.07, 6.45) is 5.79. The summed E-state index contributed by atoms with van der Waals surface area (Å²) in [6, 6.07) is 8.10. The first-order valence-corrected chi connectivity index (χ1v) is 7.76. The number of nitrogens with zero attached hydrogens (tertiary/aromatic N) is 3. The third kappa shape index (κ3) is 2.98. The Bertz CT molecular complexity index is 651. The number of carbonyl (C=O) groups excluding carboxylic acids is 1. The zero-order valence-corrected chi connectivity index (χ0v) is 13.1. The summed E-state index contributed by atoms with van der Waals surface area (Å²) >= 11 is 0. The van der Waals surface area contributed by atoms with Crippen LogP contribution in [0.1, 0.15) is 24.0 Å². The van der Waals surface area contributed by atoms with Crippen LogP contribution in [0.4, 0.5) is 10.5 Å². The highest BCUT2D eigenvalue weighted by molar-refractivity contribution is 5.90. The number of anilines is 1. The van der Waals surface area contributed by atoms with Crippen LogP contribution < -0.4 is 5.32 Å². The van der Waals surface area contributed by atoms with E-state index in [1.807, 2.05) is 40.9 Å². The summed E-state index contributed by atoms with van der Waals surface area (Å²) in [4.78, 5) is 14.5. The number of likely N-dealkylation sites (tertiary alicyclic amines) is 1. The Morgan fingerprint density at radius 1 is 1.36 bits per heavy atom. The van der Waals surface area contributed by atoms with E-state index in [9.17, 15) is 4.79 Å². The van der Waals surface area contributed by atoms with Gasteiger partial charge in [0.2, 0.25) is 0 Å². The molecule has 5 heteroatoms. The molecule has 0 aliphatic carbocycles. The van der Waals surface area contributed by atoms with E-state index >= 15 is 0 Å². The van der Waals surface area contributed by atoms with Crippen molar-refractivity contribution in [3.05, 3.63) is 47.8 Å². The summed E-state index contributed by atoms with van der Waals surface area (Å²) in [7, 11) is 0. The molecule has 1 aromatic carbocycles. The van der Waals surface area contributed by atoms with Crippen molar-refractivity contribution in [3.8, 4) is 0 Å². The molecule has 5 nitrogen and oxygen atoms in total. The number of hydrogen-bond donors (Lipinski definition) is 1. The average Bonchev–Trinajstić information content (AvgIpc) is 3.16. The molecule has 2 aromatic rings. The SMILES string of the molecule is Cc1cccc(NC(=O)N2CCC[C@@H]2Cn2cccn2)c1C. The van der Waals surface area contributed by atoms with E-state index in [4.69, 9.17) is 0 Å². The van der Waals surface area contributed by atoms with Crippen LogP contribution in [-0.4, -0.2) is 33.3 Å². The largest absolute Gasteiger partial charge is 0.322 e. The Morgan fingerprint density at radius 2 is 2.23 bits per heavy atom. The second-order valence-electron chi connectivity index (χ2n) is 5.90. The van der Waals surface area contributed by atoms with Crippen molar-refractivity contribution in [1.29, 1.82) is 0 Å². The molecule has 3 rings (SSSR count). The third-order valence-corrected chi connectivity index (χ3v) is 4.44. The van der Waals surface area contributed by atoms with Gasteiger partial charge in [0.25, 0.3) is 0 Å². The molecule has 2 heterocycles. The lowest BCUT2D eigenvalue weighted by molar-refractivity contribution is 0.199. The molecular formula is C17H22N4O. The van der Waals surface area contributed by atoms with Gasteiger partial charge in [0.1, 0.15) is 0 Å². The molecule has 0 saturated carbocycles. The molecular weight excluding hydrogens is 276 g/mol. The molecule has 1 aliphatic rings. The van der Waals surface area contributed by atoms with Gasteiger partial charge < -0.3 is 10.2 Å². The summed E-state index contributed by atoms with van der Waals surface area (Å²) in [6.45, 7) is 5.66. The first kappa shape index (κ1) is 14.6. The van der Waals surface area contributed by atoms with Gasteiger partial charge in [-0.05, 0) is 49.9 Å². The highest BCUT2D eigenvalue weighted by Crippen LogP contribution is 2.22. The van der Waals surface area contributed by atoms with E-state index in [1.165, 1.54) is 5.56 Å². The van der Waals surface area contributed by atoms with E-state index in [0.29, 0.717) is 0 Å². The number of nitrogens with one attached hydrogen (secondary N) is 1. The fraction of sp³-hybridized carbons (Fsp3) is 0.412. The monoisotopic (exact) mass is 298 g/mol. The molecule has 0 unspecified atom stereocenters. The molecule has 1 N–H and O–H groups in total. The summed E-state index contributed by atoms with van der Waals surface area (Å²) in [5, 5.41) is 7.30. The maximum atomic E-state index is 12.6. The van der Waals surface area contributed by atoms with Crippen LogP contribution in [-0.2, 0) is 6.54 Å². The molecule has 116 valence electrons. The Labute approximate surface area is 130 Å². The van der Waals surface area contributed by atoms with Crippen LogP contribution in [0.2, 0.25) is 0 Å². The van der Waals surface area contributed by atoms with Crippen molar-refractivity contribution >= 4 is 11.7 Å². The lowest BCUT2D eigenvalue weighted by atomic mass is 10.1. The highest BCUT2D eigenvalue weighted by atomic mass is 16.2. The molecule has 22 heavy (non-hydrogen) atoms. The quantitative estimate of drug-likeness (QED) is 0.946. The smallest absolute Gasteiger partial charge is 0.320 e. The standard InChI is InChI=1S/C17H22N4O/c1-13-6-3-8-16(14(13)2)19-17(22)21-11-4-7-15(21)12-20-10-5-9-18-20/h3,5-6,8-10,15H,4,7,11-12H2,1-2H3,(H,19,22)/t15-/m1/s1. The molecule has 0 bridgehead atoms. The Kier molecular flexibility index (Phi) is 4.13. The van der Waals surface area contributed by atoms with Crippen molar-refractivity contribution in [2.75, 3.05) is 11.9 Å². The average molecular weight is 298 g/mol. The second kappa shape index (κ2) is 6.22. The minimum Gasteiger partial charge on any atom is -0.320 e. The van der Waals surface area contributed by atoms with Gasteiger partial charge in [-0.25, -0.2) is 4.79 Å². The van der Waals surface area contributed by atoms with E-state index in [0.717, 1.165) is 37.2 Å². The van der Waals surface area contributed by atoms with E-state index < -0.39 is 0 Å². The van der Waals surface area contributed by atoms with Crippen molar-refractivity contribution in [2.24, 2.45) is 0 Å². The number of carbonyl (C=O) groups is 1. The van der Waals surface area contributed by atoms with Crippen molar-refractivity contribution in [3.63, 3.8) is 0 Å². The van der Waals surface area contributed by atoms with Gasteiger partial charge in [-0.2, -0.15) is 5.10 Å². The molecule has 1 aromatic heterocycles. The van der Waals surface area contributed by atoms with E-state index in [1.54, 1.807) is 6.20 Å². The number of aromatic nitrogens is 2. The van der Waals surface area contributed by atoms with Crippen LogP contribution in [0.25, 0.3) is 0 Å². The van der Waals surface area contributed by atoms with Gasteiger partial charge >= 0.3 is 6.03 Å². The highest BCUT2D eigenvalue weighted by Gasteiger charge is 2.29. The maximum absolute atomic E-state index is 12.6. The molecule has 0 radical (unpaired) electrons. The molecule has 2 amide bonds. The zero-order valence-electron chi connectivity index (χ0n) is 13.1. The van der Waals surface area contributed by atoms with E-state index in [2.05, 4.69) is 23.4 Å². The van der Waals surface area contributed by atoms with E-state index in [-0.39, 0.29) is 12.1 Å². The molecule has 1 fully saturated rings. The van der Waals surface area contributed by atoms with Crippen LogP contribution in [0.5, 0.6) is 0 Å². The zero-order chi connectivity index (χ0) is 15.5. The second-order valence-corrected chi connectivity index (χ2v) is 5.90. The first-order valence-electron chi connectivity index (χ1n) is 7.76. The lowest BCUT2D eigenvalue weighted by Gasteiger charge is -2.25. The fourth-order valence-corrected chi connectivity index (χ4v) is 2.99. The van der Waals surface area contributed by atoms with Crippen molar-refractivity contribution < 1.29 is 4.79 Å². The number of hydrogen-bond acceptors (Lipinski definition) is 2. The van der Waals surface area contributed by atoms with Gasteiger partial charge in [0.05, 0.1) is 12.6 Å². The van der Waals surface area contributed by atoms with Gasteiger partial charge in [-0.15, -0.1) is 0 Å². The summed E-state index contributed by atoms with van der Waals surface area (Å²) in [5.41, 5.74) is 3.21. The van der Waals surface area contributed by atoms with Gasteiger partial charge in [-0.3, -0.25) is 4.68 Å². The van der Waals surface area contributed by atoms with Crippen LogP contribution in [0.15, 0.2) is 36.7 Å². The van der Waals surface area contributed by atoms with Crippen molar-refractivity contribution in [1.82, 2.24) is 14.7 Å². The van der Waals surface area contributed by atoms with Crippen molar-refractivity contribution in [2.45, 2.75) is 39.3 Å². The predicted octanol–water partition coefficient (Wildman–Crippen LogP) is 3.20. The third-order valence-electron chi connectivity index (χ3n) is 4.44. The minimum absolute atomic E-state index is 0.0108. The number of urea groups is 1. The number of aryl methyl sites for hydroxylation is 1. The molecule has 1 atom stereocenters.